The van der Waals surface area contributed by atoms with Crippen LogP contribution in [0.4, 0.5) is 0 Å². The zero-order valence-electron chi connectivity index (χ0n) is 8.80. The highest BCUT2D eigenvalue weighted by atomic mass is 16.6. The van der Waals surface area contributed by atoms with E-state index >= 15 is 0 Å². The van der Waals surface area contributed by atoms with Crippen molar-refractivity contribution in [3.63, 3.8) is 0 Å². The van der Waals surface area contributed by atoms with Gasteiger partial charge < -0.3 is 9.15 Å². The smallest absolute Gasteiger partial charge is 0.484 e. The summed E-state index contributed by atoms with van der Waals surface area (Å²) in [5.74, 6) is 0.00680. The summed E-state index contributed by atoms with van der Waals surface area (Å²) in [6, 6.07) is 7.68. The number of hydrogen-bond donors (Lipinski definition) is 0. The molecule has 84 valence electrons. The lowest BCUT2D eigenvalue weighted by molar-refractivity contribution is 0.259. The Bertz CT molecular complexity index is 497. The van der Waals surface area contributed by atoms with Crippen molar-refractivity contribution in [2.75, 3.05) is 0 Å². The average Bonchev–Trinajstić information content (AvgIpc) is 2.73. The largest absolute Gasteiger partial charge is 0.542 e. The van der Waals surface area contributed by atoms with E-state index in [9.17, 15) is 4.79 Å². The van der Waals surface area contributed by atoms with Gasteiger partial charge in [-0.2, -0.15) is 0 Å². The second-order valence-corrected chi connectivity index (χ2v) is 3.21. The Hall–Kier alpha value is -2.04. The van der Waals surface area contributed by atoms with E-state index in [-0.39, 0.29) is 12.5 Å². The van der Waals surface area contributed by atoms with Gasteiger partial charge in [-0.25, -0.2) is 4.79 Å². The fourth-order valence-electron chi connectivity index (χ4n) is 1.24. The minimum Gasteiger partial charge on any atom is -0.484 e. The average molecular weight is 221 g/mol. The van der Waals surface area contributed by atoms with Gasteiger partial charge in [0, 0.05) is 0 Å². The zero-order valence-corrected chi connectivity index (χ0v) is 8.80. The summed E-state index contributed by atoms with van der Waals surface area (Å²) in [6.07, 6.45) is 0.985. The molecule has 0 amide bonds. The minimum absolute atomic E-state index is 0.0806. The van der Waals surface area contributed by atoms with Gasteiger partial charge in [-0.3, -0.25) is 4.52 Å². The van der Waals surface area contributed by atoms with Crippen molar-refractivity contribution in [3.05, 3.63) is 46.3 Å². The third-order valence-corrected chi connectivity index (χ3v) is 2.12. The van der Waals surface area contributed by atoms with Gasteiger partial charge in [0.2, 0.25) is 0 Å². The summed E-state index contributed by atoms with van der Waals surface area (Å²) >= 11 is 0. The van der Waals surface area contributed by atoms with Crippen LogP contribution in [-0.4, -0.2) is 5.16 Å². The van der Waals surface area contributed by atoms with Crippen LogP contribution < -0.4 is 10.6 Å². The normalized spacial score (nSPS) is 10.3. The molecule has 1 aromatic carbocycles. The standard InChI is InChI=1S/C11H11NO4/c1-2-8-3-5-9(6-4-8)14-7-10-12-16-11(13)15-10/h3-6H,2,7H2,1H3. The maximum atomic E-state index is 10.5. The molecule has 0 N–H and O–H groups in total. The van der Waals surface area contributed by atoms with Gasteiger partial charge in [-0.1, -0.05) is 19.1 Å². The van der Waals surface area contributed by atoms with E-state index in [2.05, 4.69) is 21.0 Å². The third kappa shape index (κ3) is 2.50. The Labute approximate surface area is 91.6 Å². The molecule has 0 saturated carbocycles. The Kier molecular flexibility index (Phi) is 3.05. The molecule has 0 aliphatic rings. The molecule has 5 nitrogen and oxygen atoms in total. The molecule has 5 heteroatoms. The third-order valence-electron chi connectivity index (χ3n) is 2.12. The van der Waals surface area contributed by atoms with Crippen LogP contribution in [0, 0.1) is 0 Å². The van der Waals surface area contributed by atoms with Crippen molar-refractivity contribution in [2.45, 2.75) is 20.0 Å². The van der Waals surface area contributed by atoms with Crippen molar-refractivity contribution in [2.24, 2.45) is 0 Å². The highest BCUT2D eigenvalue weighted by Crippen LogP contribution is 2.13. The Morgan fingerprint density at radius 2 is 2.06 bits per heavy atom. The van der Waals surface area contributed by atoms with Crippen LogP contribution >= 0.6 is 0 Å². The second-order valence-electron chi connectivity index (χ2n) is 3.21. The molecule has 0 atom stereocenters. The summed E-state index contributed by atoms with van der Waals surface area (Å²) in [5, 5.41) is 3.39. The quantitative estimate of drug-likeness (QED) is 0.787. The first-order chi connectivity index (χ1) is 7.78. The van der Waals surface area contributed by atoms with Crippen molar-refractivity contribution >= 4 is 0 Å². The molecule has 1 aromatic heterocycles. The van der Waals surface area contributed by atoms with E-state index in [1.165, 1.54) is 5.56 Å². The fraction of sp³-hybridized carbons (Fsp3) is 0.273. The molecule has 16 heavy (non-hydrogen) atoms. The first kappa shape index (κ1) is 10.5. The van der Waals surface area contributed by atoms with Crippen molar-refractivity contribution < 1.29 is 13.7 Å². The van der Waals surface area contributed by atoms with Crippen LogP contribution in [0.1, 0.15) is 18.4 Å². The molecular formula is C11H11NO4. The first-order valence-corrected chi connectivity index (χ1v) is 4.95. The van der Waals surface area contributed by atoms with E-state index in [1.54, 1.807) is 0 Å². The van der Waals surface area contributed by atoms with Crippen LogP contribution in [0.5, 0.6) is 5.75 Å². The van der Waals surface area contributed by atoms with E-state index < -0.39 is 5.82 Å². The molecule has 0 radical (unpaired) electrons. The highest BCUT2D eigenvalue weighted by molar-refractivity contribution is 5.27. The maximum absolute atomic E-state index is 10.5. The lowest BCUT2D eigenvalue weighted by atomic mass is 10.2. The van der Waals surface area contributed by atoms with Gasteiger partial charge in [0.1, 0.15) is 5.75 Å². The number of aryl methyl sites for hydroxylation is 1. The van der Waals surface area contributed by atoms with E-state index in [4.69, 9.17) is 4.74 Å². The van der Waals surface area contributed by atoms with E-state index in [0.717, 1.165) is 6.42 Å². The summed E-state index contributed by atoms with van der Waals surface area (Å²) < 4.78 is 14.2. The molecule has 2 aromatic rings. The molecule has 0 aliphatic carbocycles. The summed E-state index contributed by atoms with van der Waals surface area (Å²) in [6.45, 7) is 2.16. The molecule has 0 fully saturated rings. The summed E-state index contributed by atoms with van der Waals surface area (Å²) in [7, 11) is 0. The van der Waals surface area contributed by atoms with Crippen LogP contribution in [-0.2, 0) is 13.0 Å². The van der Waals surface area contributed by atoms with Gasteiger partial charge in [0.25, 0.3) is 5.89 Å². The number of aromatic nitrogens is 1. The second kappa shape index (κ2) is 4.65. The summed E-state index contributed by atoms with van der Waals surface area (Å²) in [4.78, 5) is 10.5. The fourth-order valence-corrected chi connectivity index (χ4v) is 1.24. The molecule has 0 aliphatic heterocycles. The van der Waals surface area contributed by atoms with Gasteiger partial charge >= 0.3 is 5.82 Å². The first-order valence-electron chi connectivity index (χ1n) is 4.95. The molecule has 0 spiro atoms. The van der Waals surface area contributed by atoms with Crippen molar-refractivity contribution in [1.82, 2.24) is 5.16 Å². The van der Waals surface area contributed by atoms with E-state index in [1.807, 2.05) is 24.3 Å². The van der Waals surface area contributed by atoms with Crippen molar-refractivity contribution in [1.29, 1.82) is 0 Å². The summed E-state index contributed by atoms with van der Waals surface area (Å²) in [5.41, 5.74) is 1.24. The molecule has 1 heterocycles. The number of rotatable bonds is 4. The van der Waals surface area contributed by atoms with Crippen LogP contribution in [0.3, 0.4) is 0 Å². The Morgan fingerprint density at radius 3 is 2.62 bits per heavy atom. The molecule has 0 bridgehead atoms. The molecule has 2 rings (SSSR count). The van der Waals surface area contributed by atoms with Gasteiger partial charge in [-0.15, -0.1) is 0 Å². The van der Waals surface area contributed by atoms with E-state index in [0.29, 0.717) is 5.75 Å². The molecule has 0 saturated heterocycles. The van der Waals surface area contributed by atoms with Crippen molar-refractivity contribution in [3.8, 4) is 5.75 Å². The topological polar surface area (TPSA) is 65.5 Å². The van der Waals surface area contributed by atoms with Gasteiger partial charge in [0.05, 0.1) is 0 Å². The predicted octanol–water partition coefficient (Wildman–Crippen LogP) is 1.77. The Morgan fingerprint density at radius 1 is 1.31 bits per heavy atom. The monoisotopic (exact) mass is 221 g/mol. The zero-order chi connectivity index (χ0) is 11.4. The highest BCUT2D eigenvalue weighted by Gasteiger charge is 2.04. The Balaban J connectivity index is 1.96. The minimum atomic E-state index is -0.820. The lowest BCUT2D eigenvalue weighted by Gasteiger charge is -2.03. The number of ether oxygens (including phenoxy) is 1. The van der Waals surface area contributed by atoms with Crippen LogP contribution in [0.25, 0.3) is 0 Å². The van der Waals surface area contributed by atoms with Crippen LogP contribution in [0.2, 0.25) is 0 Å². The molecule has 0 unspecified atom stereocenters. The lowest BCUT2D eigenvalue weighted by Crippen LogP contribution is -1.96. The van der Waals surface area contributed by atoms with Gasteiger partial charge in [0.15, 0.2) is 6.61 Å². The SMILES string of the molecule is CCc1ccc(OCc2noc(=O)o2)cc1. The van der Waals surface area contributed by atoms with Crippen LogP contribution in [0.15, 0.2) is 38.0 Å². The number of benzene rings is 1. The number of nitrogens with zero attached hydrogens (tertiary/aromatic N) is 1. The van der Waals surface area contributed by atoms with Gasteiger partial charge in [-0.05, 0) is 29.3 Å². The maximum Gasteiger partial charge on any atom is 0.542 e. The predicted molar refractivity (Wildman–Crippen MR) is 55.2 cm³/mol. The number of hydrogen-bond acceptors (Lipinski definition) is 5. The molecular weight excluding hydrogens is 210 g/mol.